The number of aromatic nitrogens is 6. The van der Waals surface area contributed by atoms with Crippen molar-refractivity contribution >= 4 is 11.8 Å². The van der Waals surface area contributed by atoms with Crippen LogP contribution in [0.3, 0.4) is 0 Å². The number of para-hydroxylation sites is 1. The number of thioether (sulfide) groups is 1. The molecule has 0 saturated heterocycles. The second-order valence-corrected chi connectivity index (χ2v) is 6.06. The highest BCUT2D eigenvalue weighted by molar-refractivity contribution is 7.98. The molecular weight excluding hydrogens is 320 g/mol. The third kappa shape index (κ3) is 2.33. The van der Waals surface area contributed by atoms with Crippen LogP contribution in [0.4, 0.5) is 0 Å². The number of rotatable bonds is 4. The summed E-state index contributed by atoms with van der Waals surface area (Å²) in [5, 5.41) is 14.1. The van der Waals surface area contributed by atoms with E-state index in [1.807, 2.05) is 88.2 Å². The molecule has 0 atom stereocenters. The molecule has 0 radical (unpaired) electrons. The average molecular weight is 336 g/mol. The zero-order chi connectivity index (χ0) is 16.5. The van der Waals surface area contributed by atoms with Gasteiger partial charge in [-0.2, -0.15) is 5.10 Å². The van der Waals surface area contributed by atoms with Crippen molar-refractivity contribution < 1.29 is 0 Å². The Morgan fingerprint density at radius 2 is 1.71 bits per heavy atom. The zero-order valence-corrected chi connectivity index (χ0v) is 14.2. The van der Waals surface area contributed by atoms with Crippen LogP contribution in [0.15, 0.2) is 66.2 Å². The quantitative estimate of drug-likeness (QED) is 0.537. The smallest absolute Gasteiger partial charge is 0.190 e. The summed E-state index contributed by atoms with van der Waals surface area (Å²) in [6.45, 7) is 0. The molecule has 120 valence electrons. The lowest BCUT2D eigenvalue weighted by molar-refractivity contribution is 0.793. The monoisotopic (exact) mass is 336 g/mol. The molecule has 0 amide bonds. The Morgan fingerprint density at radius 1 is 0.958 bits per heavy atom. The molecule has 24 heavy (non-hydrogen) atoms. The van der Waals surface area contributed by atoms with Crippen molar-refractivity contribution in [3.05, 3.63) is 61.1 Å². The molecule has 4 aromatic rings. The maximum atomic E-state index is 4.60. The van der Waals surface area contributed by atoms with Crippen molar-refractivity contribution in [2.75, 3.05) is 6.26 Å². The summed E-state index contributed by atoms with van der Waals surface area (Å²) in [4.78, 5) is 0. The molecule has 4 rings (SSSR count). The molecule has 0 fully saturated rings. The van der Waals surface area contributed by atoms with Gasteiger partial charge in [0.25, 0.3) is 0 Å². The second-order valence-electron chi connectivity index (χ2n) is 5.29. The van der Waals surface area contributed by atoms with E-state index in [2.05, 4.69) is 15.3 Å². The van der Waals surface area contributed by atoms with Gasteiger partial charge in [-0.15, -0.1) is 10.2 Å². The van der Waals surface area contributed by atoms with Crippen LogP contribution in [0.25, 0.3) is 22.9 Å². The highest BCUT2D eigenvalue weighted by atomic mass is 32.2. The van der Waals surface area contributed by atoms with Crippen molar-refractivity contribution in [1.82, 2.24) is 29.1 Å². The lowest BCUT2D eigenvalue weighted by Crippen LogP contribution is -2.06. The van der Waals surface area contributed by atoms with Gasteiger partial charge in [-0.3, -0.25) is 0 Å². The van der Waals surface area contributed by atoms with E-state index in [1.54, 1.807) is 11.8 Å². The lowest BCUT2D eigenvalue weighted by Gasteiger charge is -2.10. The molecule has 0 bridgehead atoms. The number of hydrogen-bond acceptors (Lipinski definition) is 4. The van der Waals surface area contributed by atoms with Crippen molar-refractivity contribution in [3.63, 3.8) is 0 Å². The first-order valence-electron chi connectivity index (χ1n) is 7.50. The summed E-state index contributed by atoms with van der Waals surface area (Å²) in [7, 11) is 1.97. The Bertz CT molecular complexity index is 953. The van der Waals surface area contributed by atoms with Crippen LogP contribution in [-0.4, -0.2) is 35.4 Å². The van der Waals surface area contributed by atoms with Crippen LogP contribution < -0.4 is 0 Å². The molecule has 7 heteroatoms. The standard InChI is InChI=1S/C17H16N6S/c1-21-15(19-20-17(21)24-2)14-12-18-23(13-8-4-3-5-9-13)16(14)22-10-6-7-11-22/h3-12H,1-2H3. The van der Waals surface area contributed by atoms with E-state index < -0.39 is 0 Å². The normalized spacial score (nSPS) is 11.1. The summed E-state index contributed by atoms with van der Waals surface area (Å²) < 4.78 is 5.95. The minimum atomic E-state index is 0.797. The Hall–Kier alpha value is -2.80. The van der Waals surface area contributed by atoms with Crippen LogP contribution in [0.2, 0.25) is 0 Å². The number of nitrogens with zero attached hydrogens (tertiary/aromatic N) is 6. The van der Waals surface area contributed by atoms with E-state index in [0.29, 0.717) is 0 Å². The number of hydrogen-bond donors (Lipinski definition) is 0. The van der Waals surface area contributed by atoms with Crippen LogP contribution in [0.5, 0.6) is 0 Å². The fourth-order valence-electron chi connectivity index (χ4n) is 2.71. The summed E-state index contributed by atoms with van der Waals surface area (Å²) in [5.74, 6) is 1.74. The van der Waals surface area contributed by atoms with E-state index in [0.717, 1.165) is 28.0 Å². The number of benzene rings is 1. The fourth-order valence-corrected chi connectivity index (χ4v) is 3.19. The highest BCUT2D eigenvalue weighted by Gasteiger charge is 2.20. The highest BCUT2D eigenvalue weighted by Crippen LogP contribution is 2.29. The molecule has 3 heterocycles. The Balaban J connectivity index is 1.95. The maximum absolute atomic E-state index is 4.60. The molecule has 1 aromatic carbocycles. The SMILES string of the molecule is CSc1nnc(-c2cnn(-c3ccccc3)c2-n2cccc2)n1C. The molecule has 0 unspecified atom stereocenters. The average Bonchev–Trinajstić information content (AvgIpc) is 3.34. The van der Waals surface area contributed by atoms with Gasteiger partial charge in [0, 0.05) is 19.4 Å². The lowest BCUT2D eigenvalue weighted by atomic mass is 10.3. The maximum Gasteiger partial charge on any atom is 0.190 e. The Labute approximate surface area is 143 Å². The summed E-state index contributed by atoms with van der Waals surface area (Å²) >= 11 is 1.57. The van der Waals surface area contributed by atoms with Crippen molar-refractivity contribution in [2.45, 2.75) is 5.16 Å². The molecule has 3 aromatic heterocycles. The predicted molar refractivity (Wildman–Crippen MR) is 94.7 cm³/mol. The topological polar surface area (TPSA) is 53.5 Å². The van der Waals surface area contributed by atoms with Gasteiger partial charge in [0.05, 0.1) is 17.4 Å². The van der Waals surface area contributed by atoms with Gasteiger partial charge in [0.1, 0.15) is 0 Å². The third-order valence-corrected chi connectivity index (χ3v) is 4.57. The van der Waals surface area contributed by atoms with Crippen LogP contribution in [-0.2, 0) is 7.05 Å². The molecule has 0 N–H and O–H groups in total. The first kappa shape index (κ1) is 14.8. The second kappa shape index (κ2) is 6.01. The van der Waals surface area contributed by atoms with Crippen molar-refractivity contribution in [1.29, 1.82) is 0 Å². The van der Waals surface area contributed by atoms with Gasteiger partial charge < -0.3 is 9.13 Å². The first-order chi connectivity index (χ1) is 11.8. The van der Waals surface area contributed by atoms with Gasteiger partial charge in [-0.1, -0.05) is 30.0 Å². The van der Waals surface area contributed by atoms with E-state index in [1.165, 1.54) is 0 Å². The fraction of sp³-hybridized carbons (Fsp3) is 0.118. The molecule has 6 nitrogen and oxygen atoms in total. The van der Waals surface area contributed by atoms with Gasteiger partial charge in [0.2, 0.25) is 0 Å². The van der Waals surface area contributed by atoms with Crippen molar-refractivity contribution in [2.24, 2.45) is 7.05 Å². The minimum Gasteiger partial charge on any atom is -0.308 e. The first-order valence-corrected chi connectivity index (χ1v) is 8.72. The third-order valence-electron chi connectivity index (χ3n) is 3.85. The zero-order valence-electron chi connectivity index (χ0n) is 13.4. The molecule has 0 spiro atoms. The molecule has 0 aliphatic carbocycles. The van der Waals surface area contributed by atoms with E-state index in [4.69, 9.17) is 0 Å². The van der Waals surface area contributed by atoms with Gasteiger partial charge in [-0.25, -0.2) is 4.68 Å². The summed E-state index contributed by atoms with van der Waals surface area (Å²) in [6, 6.07) is 14.1. The van der Waals surface area contributed by atoms with Crippen LogP contribution in [0.1, 0.15) is 0 Å². The molecule has 0 saturated carbocycles. The molecule has 0 aliphatic heterocycles. The Kier molecular flexibility index (Phi) is 3.70. The summed E-state index contributed by atoms with van der Waals surface area (Å²) in [6.07, 6.45) is 7.85. The van der Waals surface area contributed by atoms with E-state index >= 15 is 0 Å². The van der Waals surface area contributed by atoms with Crippen LogP contribution >= 0.6 is 11.8 Å². The molecular formula is C17H16N6S. The van der Waals surface area contributed by atoms with Gasteiger partial charge >= 0.3 is 0 Å². The minimum absolute atomic E-state index is 0.797. The van der Waals surface area contributed by atoms with Gasteiger partial charge in [-0.05, 0) is 30.5 Å². The van der Waals surface area contributed by atoms with E-state index in [9.17, 15) is 0 Å². The van der Waals surface area contributed by atoms with Crippen molar-refractivity contribution in [3.8, 4) is 22.9 Å². The predicted octanol–water partition coefficient (Wildman–Crippen LogP) is 3.18. The largest absolute Gasteiger partial charge is 0.308 e. The van der Waals surface area contributed by atoms with E-state index in [-0.39, 0.29) is 0 Å². The summed E-state index contributed by atoms with van der Waals surface area (Å²) in [5.41, 5.74) is 1.94. The van der Waals surface area contributed by atoms with Gasteiger partial charge in [0.15, 0.2) is 16.8 Å². The van der Waals surface area contributed by atoms with Crippen LogP contribution in [0, 0.1) is 0 Å². The Morgan fingerprint density at radius 3 is 2.38 bits per heavy atom. The molecule has 0 aliphatic rings.